The standard InChI is InChI=1S/C17H18O7S/c1-12(2)16(19)21-8-10-23-24-11-9-22-17(20)15(18)13-4-6-14(25-3)7-5-13/h4-8,10H,1,9,11H2,2-3H3/b10-8+. The molecule has 0 aliphatic rings. The lowest BCUT2D eigenvalue weighted by Gasteiger charge is -2.04. The Kier molecular flexibility index (Phi) is 9.05. The molecule has 0 saturated carbocycles. The van der Waals surface area contributed by atoms with Gasteiger partial charge in [-0.25, -0.2) is 9.59 Å². The number of thioether (sulfide) groups is 1. The first-order chi connectivity index (χ1) is 12.0. The average molecular weight is 366 g/mol. The van der Waals surface area contributed by atoms with Crippen LogP contribution in [0.15, 0.2) is 53.8 Å². The third kappa shape index (κ3) is 7.69. The number of hydrogen-bond acceptors (Lipinski definition) is 8. The van der Waals surface area contributed by atoms with E-state index in [1.807, 2.05) is 6.26 Å². The molecule has 1 aromatic carbocycles. The van der Waals surface area contributed by atoms with Gasteiger partial charge in [0.15, 0.2) is 6.26 Å². The average Bonchev–Trinajstić information content (AvgIpc) is 2.62. The number of carbonyl (C=O) groups excluding carboxylic acids is 3. The van der Waals surface area contributed by atoms with Gasteiger partial charge in [-0.05, 0) is 37.4 Å². The molecule has 0 aromatic heterocycles. The molecule has 0 atom stereocenters. The van der Waals surface area contributed by atoms with Crippen molar-refractivity contribution in [1.82, 2.24) is 0 Å². The molecule has 8 heteroatoms. The molecule has 0 aliphatic heterocycles. The van der Waals surface area contributed by atoms with E-state index in [4.69, 9.17) is 4.74 Å². The maximum atomic E-state index is 11.8. The number of rotatable bonds is 10. The van der Waals surface area contributed by atoms with Crippen LogP contribution in [0.4, 0.5) is 0 Å². The summed E-state index contributed by atoms with van der Waals surface area (Å²) >= 11 is 1.53. The highest BCUT2D eigenvalue weighted by molar-refractivity contribution is 7.98. The molecule has 0 spiro atoms. The van der Waals surface area contributed by atoms with E-state index in [2.05, 4.69) is 21.1 Å². The number of hydrogen-bond donors (Lipinski definition) is 0. The highest BCUT2D eigenvalue weighted by Gasteiger charge is 2.17. The van der Waals surface area contributed by atoms with Crippen LogP contribution in [0, 0.1) is 0 Å². The second-order valence-electron chi connectivity index (χ2n) is 4.57. The van der Waals surface area contributed by atoms with Crippen LogP contribution >= 0.6 is 11.8 Å². The highest BCUT2D eigenvalue weighted by atomic mass is 32.2. The SMILES string of the molecule is C=C(C)C(=O)O/C=C/OOCCOC(=O)C(=O)c1ccc(SC)cc1. The zero-order valence-electron chi connectivity index (χ0n) is 13.9. The number of carbonyl (C=O) groups is 3. The van der Waals surface area contributed by atoms with Gasteiger partial charge in [-0.15, -0.1) is 11.8 Å². The predicted octanol–water partition coefficient (Wildman–Crippen LogP) is 2.67. The Hall–Kier alpha value is -2.58. The summed E-state index contributed by atoms with van der Waals surface area (Å²) in [6, 6.07) is 6.61. The summed E-state index contributed by atoms with van der Waals surface area (Å²) in [4.78, 5) is 44.7. The lowest BCUT2D eigenvalue weighted by molar-refractivity contribution is -0.255. The zero-order valence-corrected chi connectivity index (χ0v) is 14.7. The van der Waals surface area contributed by atoms with Crippen molar-refractivity contribution < 1.29 is 33.6 Å². The Bertz CT molecular complexity index is 649. The molecule has 0 radical (unpaired) electrons. The molecule has 0 fully saturated rings. The van der Waals surface area contributed by atoms with E-state index >= 15 is 0 Å². The Morgan fingerprint density at radius 3 is 2.36 bits per heavy atom. The molecule has 1 aromatic rings. The van der Waals surface area contributed by atoms with E-state index < -0.39 is 17.7 Å². The molecule has 0 amide bonds. The fourth-order valence-corrected chi connectivity index (χ4v) is 1.80. The van der Waals surface area contributed by atoms with Crippen molar-refractivity contribution in [2.75, 3.05) is 19.5 Å². The lowest BCUT2D eigenvalue weighted by atomic mass is 10.1. The van der Waals surface area contributed by atoms with Crippen LogP contribution in [-0.2, 0) is 28.8 Å². The van der Waals surface area contributed by atoms with Gasteiger partial charge in [-0.2, -0.15) is 4.89 Å². The first-order valence-corrected chi connectivity index (χ1v) is 8.33. The van der Waals surface area contributed by atoms with Gasteiger partial charge < -0.3 is 14.4 Å². The van der Waals surface area contributed by atoms with Crippen LogP contribution in [0.25, 0.3) is 0 Å². The molecular formula is C17H18O7S. The van der Waals surface area contributed by atoms with Crippen molar-refractivity contribution in [2.45, 2.75) is 11.8 Å². The van der Waals surface area contributed by atoms with E-state index in [1.165, 1.54) is 18.7 Å². The molecular weight excluding hydrogens is 348 g/mol. The number of benzene rings is 1. The monoisotopic (exact) mass is 366 g/mol. The summed E-state index contributed by atoms with van der Waals surface area (Å²) in [5.74, 6) is -2.32. The first kappa shape index (κ1) is 20.5. The molecule has 25 heavy (non-hydrogen) atoms. The quantitative estimate of drug-likeness (QED) is 0.0719. The van der Waals surface area contributed by atoms with Crippen LogP contribution in [0.1, 0.15) is 17.3 Å². The van der Waals surface area contributed by atoms with Gasteiger partial charge in [0, 0.05) is 16.0 Å². The highest BCUT2D eigenvalue weighted by Crippen LogP contribution is 2.15. The number of ether oxygens (including phenoxy) is 2. The number of Topliss-reactive ketones (excluding diaryl/α,β-unsaturated/α-hetero) is 1. The fourth-order valence-electron chi connectivity index (χ4n) is 1.39. The van der Waals surface area contributed by atoms with Crippen LogP contribution in [0.5, 0.6) is 0 Å². The van der Waals surface area contributed by atoms with Gasteiger partial charge >= 0.3 is 11.9 Å². The Morgan fingerprint density at radius 2 is 1.76 bits per heavy atom. The minimum absolute atomic E-state index is 0.108. The Morgan fingerprint density at radius 1 is 1.08 bits per heavy atom. The fraction of sp³-hybridized carbons (Fsp3) is 0.235. The summed E-state index contributed by atoms with van der Waals surface area (Å²) in [6.45, 7) is 4.62. The predicted molar refractivity (Wildman–Crippen MR) is 90.6 cm³/mol. The van der Waals surface area contributed by atoms with Crippen molar-refractivity contribution in [3.05, 3.63) is 54.5 Å². The molecule has 0 heterocycles. The smallest absolute Gasteiger partial charge is 0.379 e. The maximum Gasteiger partial charge on any atom is 0.379 e. The zero-order chi connectivity index (χ0) is 18.7. The third-order valence-corrected chi connectivity index (χ3v) is 3.38. The molecule has 0 aliphatic carbocycles. The van der Waals surface area contributed by atoms with Crippen molar-refractivity contribution in [1.29, 1.82) is 0 Å². The third-order valence-electron chi connectivity index (χ3n) is 2.64. The summed E-state index contributed by atoms with van der Waals surface area (Å²) in [5.41, 5.74) is 0.493. The Balaban J connectivity index is 2.21. The van der Waals surface area contributed by atoms with Gasteiger partial charge in [-0.3, -0.25) is 4.79 Å². The first-order valence-electron chi connectivity index (χ1n) is 7.11. The Labute approximate surface area is 149 Å². The van der Waals surface area contributed by atoms with E-state index in [1.54, 1.807) is 24.3 Å². The van der Waals surface area contributed by atoms with Crippen LogP contribution in [0.3, 0.4) is 0 Å². The largest absolute Gasteiger partial charge is 0.457 e. The maximum absolute atomic E-state index is 11.8. The minimum Gasteiger partial charge on any atom is -0.457 e. The molecule has 7 nitrogen and oxygen atoms in total. The molecule has 1 rings (SSSR count). The molecule has 0 bridgehead atoms. The van der Waals surface area contributed by atoms with Crippen molar-refractivity contribution in [2.24, 2.45) is 0 Å². The van der Waals surface area contributed by atoms with Crippen LogP contribution in [0.2, 0.25) is 0 Å². The van der Waals surface area contributed by atoms with Crippen molar-refractivity contribution in [3.63, 3.8) is 0 Å². The molecule has 134 valence electrons. The van der Waals surface area contributed by atoms with Crippen molar-refractivity contribution in [3.8, 4) is 0 Å². The van der Waals surface area contributed by atoms with Crippen molar-refractivity contribution >= 4 is 29.5 Å². The van der Waals surface area contributed by atoms with E-state index in [0.29, 0.717) is 0 Å². The molecule has 0 saturated heterocycles. The summed E-state index contributed by atoms with van der Waals surface area (Å²) < 4.78 is 9.36. The van der Waals surface area contributed by atoms with Gasteiger partial charge in [0.05, 0.1) is 0 Å². The van der Waals surface area contributed by atoms with E-state index in [-0.39, 0.29) is 24.4 Å². The normalized spacial score (nSPS) is 10.3. The van der Waals surface area contributed by atoms with Gasteiger partial charge in [-0.1, -0.05) is 6.58 Å². The lowest BCUT2D eigenvalue weighted by Crippen LogP contribution is -2.19. The van der Waals surface area contributed by atoms with E-state index in [0.717, 1.165) is 17.4 Å². The minimum atomic E-state index is -0.980. The van der Waals surface area contributed by atoms with Gasteiger partial charge in [0.1, 0.15) is 19.5 Å². The number of ketones is 1. The van der Waals surface area contributed by atoms with Crippen LogP contribution < -0.4 is 0 Å². The van der Waals surface area contributed by atoms with E-state index in [9.17, 15) is 14.4 Å². The van der Waals surface area contributed by atoms with Gasteiger partial charge in [0.2, 0.25) is 0 Å². The summed E-state index contributed by atoms with van der Waals surface area (Å²) in [5, 5.41) is 0. The van der Waals surface area contributed by atoms with Crippen LogP contribution in [-0.4, -0.2) is 37.2 Å². The second kappa shape index (κ2) is 11.1. The number of esters is 2. The molecule has 0 N–H and O–H groups in total. The topological polar surface area (TPSA) is 88.1 Å². The summed E-state index contributed by atoms with van der Waals surface area (Å²) in [6.07, 6.45) is 3.87. The second-order valence-corrected chi connectivity index (χ2v) is 5.45. The molecule has 0 unspecified atom stereocenters. The van der Waals surface area contributed by atoms with Gasteiger partial charge in [0.25, 0.3) is 5.78 Å². The summed E-state index contributed by atoms with van der Waals surface area (Å²) in [7, 11) is 0.